The molecule has 0 bridgehead atoms. The van der Waals surface area contributed by atoms with Crippen LogP contribution in [0.25, 0.3) is 11.4 Å². The van der Waals surface area contributed by atoms with Crippen molar-refractivity contribution in [1.82, 2.24) is 25.3 Å². The van der Waals surface area contributed by atoms with Gasteiger partial charge >= 0.3 is 6.09 Å². The van der Waals surface area contributed by atoms with Gasteiger partial charge in [0.2, 0.25) is 0 Å². The van der Waals surface area contributed by atoms with E-state index in [0.717, 1.165) is 48.5 Å². The van der Waals surface area contributed by atoms with Crippen LogP contribution in [0.15, 0.2) is 12.1 Å². The van der Waals surface area contributed by atoms with Gasteiger partial charge in [0.1, 0.15) is 11.4 Å². The second-order valence-corrected chi connectivity index (χ2v) is 8.06. The molecule has 4 rings (SSSR count). The second-order valence-electron chi connectivity index (χ2n) is 8.06. The van der Waals surface area contributed by atoms with Crippen LogP contribution < -0.4 is 10.1 Å². The number of rotatable bonds is 7. The molecule has 2 fully saturated rings. The molecule has 0 aromatic carbocycles. The number of nitrogens with zero attached hydrogens (tertiary/aromatic N) is 4. The maximum absolute atomic E-state index is 11.9. The second kappa shape index (κ2) is 8.80. The van der Waals surface area contributed by atoms with Crippen molar-refractivity contribution >= 4 is 6.09 Å². The Bertz CT molecular complexity index is 856. The van der Waals surface area contributed by atoms with Crippen LogP contribution in [-0.2, 0) is 18.3 Å². The summed E-state index contributed by atoms with van der Waals surface area (Å²) in [7, 11) is 1.80. The molecule has 0 radical (unpaired) electrons. The first-order chi connectivity index (χ1) is 14.1. The molecule has 1 N–H and O–H groups in total. The zero-order chi connectivity index (χ0) is 20.2. The SMILES string of the molecule is Cc1nc(-c2nnn(C)c2CNC(=O)OCC2CC2)ccc1OC1CCCCC1. The predicted molar refractivity (Wildman–Crippen MR) is 107 cm³/mol. The number of alkyl carbamates (subject to hydrolysis) is 1. The molecular weight excluding hydrogens is 370 g/mol. The number of carbonyl (C=O) groups is 1. The summed E-state index contributed by atoms with van der Waals surface area (Å²) in [6.07, 6.45) is 8.15. The molecule has 2 aliphatic carbocycles. The highest BCUT2D eigenvalue weighted by Gasteiger charge is 2.23. The molecule has 29 heavy (non-hydrogen) atoms. The number of pyridine rings is 1. The molecule has 2 aliphatic rings. The standard InChI is InChI=1S/C21H29N5O3/c1-14-19(29-16-6-4-3-5-7-16)11-10-17(23-14)20-18(26(2)25-24-20)12-22-21(27)28-13-15-8-9-15/h10-11,15-16H,3-9,12-13H2,1-2H3,(H,22,27). The number of ether oxygens (including phenoxy) is 2. The highest BCUT2D eigenvalue weighted by molar-refractivity contribution is 5.68. The van der Waals surface area contributed by atoms with Gasteiger partial charge in [0, 0.05) is 7.05 Å². The number of nitrogens with one attached hydrogen (secondary N) is 1. The van der Waals surface area contributed by atoms with Crippen molar-refractivity contribution in [3.8, 4) is 17.1 Å². The molecular formula is C21H29N5O3. The minimum Gasteiger partial charge on any atom is -0.489 e. The Morgan fingerprint density at radius 2 is 2.00 bits per heavy atom. The van der Waals surface area contributed by atoms with Crippen LogP contribution in [0, 0.1) is 12.8 Å². The van der Waals surface area contributed by atoms with E-state index in [1.54, 1.807) is 11.7 Å². The summed E-state index contributed by atoms with van der Waals surface area (Å²) >= 11 is 0. The molecule has 2 heterocycles. The van der Waals surface area contributed by atoms with E-state index in [1.807, 2.05) is 19.1 Å². The molecule has 1 amide bonds. The van der Waals surface area contributed by atoms with E-state index in [9.17, 15) is 4.79 Å². The van der Waals surface area contributed by atoms with E-state index in [-0.39, 0.29) is 12.6 Å². The number of amides is 1. The first-order valence-electron chi connectivity index (χ1n) is 10.5. The highest BCUT2D eigenvalue weighted by Crippen LogP contribution is 2.29. The lowest BCUT2D eigenvalue weighted by Gasteiger charge is -2.23. The molecule has 156 valence electrons. The fraction of sp³-hybridized carbons (Fsp3) is 0.619. The van der Waals surface area contributed by atoms with Gasteiger partial charge in [-0.25, -0.2) is 14.5 Å². The molecule has 2 saturated carbocycles. The summed E-state index contributed by atoms with van der Waals surface area (Å²) in [5, 5.41) is 11.1. The third kappa shape index (κ3) is 5.05. The van der Waals surface area contributed by atoms with Crippen LogP contribution in [0.5, 0.6) is 5.75 Å². The van der Waals surface area contributed by atoms with Crippen molar-refractivity contribution < 1.29 is 14.3 Å². The minimum absolute atomic E-state index is 0.281. The summed E-state index contributed by atoms with van der Waals surface area (Å²) in [5.74, 6) is 1.36. The average molecular weight is 399 g/mol. The van der Waals surface area contributed by atoms with Crippen LogP contribution in [0.2, 0.25) is 0 Å². The first kappa shape index (κ1) is 19.7. The number of hydrogen-bond donors (Lipinski definition) is 1. The van der Waals surface area contributed by atoms with Gasteiger partial charge < -0.3 is 14.8 Å². The van der Waals surface area contributed by atoms with Gasteiger partial charge in [0.25, 0.3) is 0 Å². The fourth-order valence-corrected chi connectivity index (χ4v) is 3.63. The Balaban J connectivity index is 1.42. The van der Waals surface area contributed by atoms with Crippen molar-refractivity contribution in [2.24, 2.45) is 13.0 Å². The first-order valence-corrected chi connectivity index (χ1v) is 10.5. The Morgan fingerprint density at radius 1 is 1.21 bits per heavy atom. The lowest BCUT2D eigenvalue weighted by atomic mass is 9.98. The molecule has 8 heteroatoms. The number of carbonyl (C=O) groups excluding carboxylic acids is 1. The lowest BCUT2D eigenvalue weighted by molar-refractivity contribution is 0.140. The third-order valence-corrected chi connectivity index (χ3v) is 5.62. The Morgan fingerprint density at radius 3 is 2.72 bits per heavy atom. The predicted octanol–water partition coefficient (Wildman–Crippen LogP) is 3.53. The fourth-order valence-electron chi connectivity index (χ4n) is 3.63. The van der Waals surface area contributed by atoms with Gasteiger partial charge in [-0.05, 0) is 63.5 Å². The van der Waals surface area contributed by atoms with E-state index in [4.69, 9.17) is 14.5 Å². The van der Waals surface area contributed by atoms with Crippen LogP contribution in [0.4, 0.5) is 4.79 Å². The van der Waals surface area contributed by atoms with Gasteiger partial charge in [-0.1, -0.05) is 11.6 Å². The molecule has 0 atom stereocenters. The topological polar surface area (TPSA) is 91.2 Å². The zero-order valence-corrected chi connectivity index (χ0v) is 17.2. The summed E-state index contributed by atoms with van der Waals surface area (Å²) in [5.41, 5.74) is 2.99. The van der Waals surface area contributed by atoms with E-state index in [1.165, 1.54) is 19.3 Å². The summed E-state index contributed by atoms with van der Waals surface area (Å²) in [4.78, 5) is 16.6. The maximum atomic E-state index is 11.9. The van der Waals surface area contributed by atoms with Crippen molar-refractivity contribution in [1.29, 1.82) is 0 Å². The highest BCUT2D eigenvalue weighted by atomic mass is 16.5. The average Bonchev–Trinajstić information content (AvgIpc) is 3.49. The third-order valence-electron chi connectivity index (χ3n) is 5.62. The van der Waals surface area contributed by atoms with E-state index >= 15 is 0 Å². The molecule has 0 saturated heterocycles. The van der Waals surface area contributed by atoms with Crippen LogP contribution in [0.3, 0.4) is 0 Å². The van der Waals surface area contributed by atoms with E-state index < -0.39 is 6.09 Å². The quantitative estimate of drug-likeness (QED) is 0.766. The summed E-state index contributed by atoms with van der Waals surface area (Å²) in [6.45, 7) is 2.72. The van der Waals surface area contributed by atoms with Gasteiger partial charge in [-0.15, -0.1) is 5.10 Å². The minimum atomic E-state index is -0.413. The molecule has 0 aliphatic heterocycles. The Hall–Kier alpha value is -2.64. The van der Waals surface area contributed by atoms with E-state index in [0.29, 0.717) is 18.2 Å². The maximum Gasteiger partial charge on any atom is 0.407 e. The summed E-state index contributed by atoms with van der Waals surface area (Å²) < 4.78 is 13.0. The van der Waals surface area contributed by atoms with Crippen LogP contribution >= 0.6 is 0 Å². The molecule has 2 aromatic rings. The molecule has 8 nitrogen and oxygen atoms in total. The lowest BCUT2D eigenvalue weighted by Crippen LogP contribution is -2.26. The summed E-state index contributed by atoms with van der Waals surface area (Å²) in [6, 6.07) is 3.87. The van der Waals surface area contributed by atoms with E-state index in [2.05, 4.69) is 15.6 Å². The Kier molecular flexibility index (Phi) is 5.97. The molecule has 0 unspecified atom stereocenters. The smallest absolute Gasteiger partial charge is 0.407 e. The normalized spacial score (nSPS) is 17.2. The van der Waals surface area contributed by atoms with Gasteiger partial charge in [-0.3, -0.25) is 0 Å². The van der Waals surface area contributed by atoms with Crippen molar-refractivity contribution in [2.75, 3.05) is 6.61 Å². The van der Waals surface area contributed by atoms with Crippen LogP contribution in [-0.4, -0.2) is 38.8 Å². The van der Waals surface area contributed by atoms with Crippen molar-refractivity contribution in [3.05, 3.63) is 23.5 Å². The van der Waals surface area contributed by atoms with Crippen molar-refractivity contribution in [2.45, 2.75) is 64.5 Å². The molecule has 0 spiro atoms. The van der Waals surface area contributed by atoms with Gasteiger partial charge in [0.15, 0.2) is 0 Å². The number of hydrogen-bond acceptors (Lipinski definition) is 6. The van der Waals surface area contributed by atoms with Gasteiger partial charge in [0.05, 0.1) is 36.3 Å². The molecule has 2 aromatic heterocycles. The number of aromatic nitrogens is 4. The monoisotopic (exact) mass is 399 g/mol. The van der Waals surface area contributed by atoms with Crippen LogP contribution in [0.1, 0.15) is 56.3 Å². The number of aryl methyl sites for hydroxylation is 2. The zero-order valence-electron chi connectivity index (χ0n) is 17.2. The Labute approximate surface area is 171 Å². The van der Waals surface area contributed by atoms with Gasteiger partial charge in [-0.2, -0.15) is 0 Å². The largest absolute Gasteiger partial charge is 0.489 e. The van der Waals surface area contributed by atoms with Crippen molar-refractivity contribution in [3.63, 3.8) is 0 Å².